The topological polar surface area (TPSA) is 49.7 Å². The van der Waals surface area contributed by atoms with Crippen LogP contribution in [0.25, 0.3) is 0 Å². The smallest absolute Gasteiger partial charge is 0.148 e. The number of halogens is 4. The van der Waals surface area contributed by atoms with E-state index in [-0.39, 0.29) is 17.4 Å². The minimum absolute atomic E-state index is 0.256. The normalized spacial score (nSPS) is 17.3. The first-order valence-electron chi connectivity index (χ1n) is 7.99. The SMILES string of the molecule is Oc1c(I)cc2c(c1I)Oc1c(cc(I)c(O)c1I)C2C1CCCC1. The molecular formula is C18H14I4O3. The maximum absolute atomic E-state index is 10.4. The average Bonchev–Trinajstić information content (AvgIpc) is 3.11. The molecular weight excluding hydrogens is 772 g/mol. The van der Waals surface area contributed by atoms with Gasteiger partial charge in [-0.05, 0) is 121 Å². The molecule has 25 heavy (non-hydrogen) atoms. The van der Waals surface area contributed by atoms with E-state index in [1.165, 1.54) is 36.8 Å². The van der Waals surface area contributed by atoms with E-state index in [1.807, 2.05) is 0 Å². The summed E-state index contributed by atoms with van der Waals surface area (Å²) in [7, 11) is 0. The average molecular weight is 786 g/mol. The van der Waals surface area contributed by atoms with Gasteiger partial charge in [0.2, 0.25) is 0 Å². The van der Waals surface area contributed by atoms with E-state index < -0.39 is 0 Å². The lowest BCUT2D eigenvalue weighted by Gasteiger charge is -2.34. The maximum Gasteiger partial charge on any atom is 0.148 e. The van der Waals surface area contributed by atoms with Crippen molar-refractivity contribution in [3.8, 4) is 23.0 Å². The standard InChI is InChI=1S/C18H14I4O3/c19-10-5-8-12(7-3-1-2-4-7)9-6-11(20)16(24)14(22)18(9)25-17(8)13(21)15(10)23/h5-7,12,23-24H,1-4H2. The van der Waals surface area contributed by atoms with Crippen LogP contribution in [0, 0.1) is 20.2 Å². The van der Waals surface area contributed by atoms with Crippen LogP contribution in [0.3, 0.4) is 0 Å². The summed E-state index contributed by atoms with van der Waals surface area (Å²) >= 11 is 8.72. The first-order valence-corrected chi connectivity index (χ1v) is 12.3. The molecule has 2 aromatic rings. The number of hydrogen-bond donors (Lipinski definition) is 2. The molecule has 2 aromatic carbocycles. The van der Waals surface area contributed by atoms with Crippen molar-refractivity contribution >= 4 is 90.4 Å². The zero-order valence-electron chi connectivity index (χ0n) is 13.0. The van der Waals surface area contributed by atoms with Gasteiger partial charge in [0.15, 0.2) is 0 Å². The molecule has 0 radical (unpaired) electrons. The third-order valence-corrected chi connectivity index (χ3v) is 8.75. The van der Waals surface area contributed by atoms with E-state index >= 15 is 0 Å². The van der Waals surface area contributed by atoms with Crippen LogP contribution in [-0.4, -0.2) is 10.2 Å². The lowest BCUT2D eigenvalue weighted by molar-refractivity contribution is 0.382. The van der Waals surface area contributed by atoms with Crippen LogP contribution in [0.4, 0.5) is 0 Å². The van der Waals surface area contributed by atoms with Gasteiger partial charge in [0.05, 0.1) is 14.3 Å². The Kier molecular flexibility index (Phi) is 5.57. The second-order valence-electron chi connectivity index (χ2n) is 6.50. The van der Waals surface area contributed by atoms with Gasteiger partial charge in [-0.15, -0.1) is 0 Å². The molecule has 0 unspecified atom stereocenters. The summed E-state index contributed by atoms with van der Waals surface area (Å²) < 4.78 is 9.48. The number of benzene rings is 2. The van der Waals surface area contributed by atoms with Gasteiger partial charge in [-0.3, -0.25) is 0 Å². The Bertz CT molecular complexity index is 812. The van der Waals surface area contributed by atoms with Crippen molar-refractivity contribution in [1.82, 2.24) is 0 Å². The molecule has 1 fully saturated rings. The third kappa shape index (κ3) is 3.15. The van der Waals surface area contributed by atoms with Gasteiger partial charge in [-0.25, -0.2) is 0 Å². The molecule has 4 rings (SSSR count). The number of hydrogen-bond acceptors (Lipinski definition) is 3. The van der Waals surface area contributed by atoms with E-state index in [9.17, 15) is 10.2 Å². The van der Waals surface area contributed by atoms with E-state index in [2.05, 4.69) is 102 Å². The minimum Gasteiger partial charge on any atom is -0.506 e. The Morgan fingerprint density at radius 1 is 0.800 bits per heavy atom. The van der Waals surface area contributed by atoms with Crippen molar-refractivity contribution in [3.05, 3.63) is 37.5 Å². The predicted molar refractivity (Wildman–Crippen MR) is 131 cm³/mol. The highest BCUT2D eigenvalue weighted by atomic mass is 127. The summed E-state index contributed by atoms with van der Waals surface area (Å²) in [6, 6.07) is 4.15. The molecule has 1 aliphatic carbocycles. The van der Waals surface area contributed by atoms with Crippen LogP contribution in [-0.2, 0) is 0 Å². The summed E-state index contributed by atoms with van der Waals surface area (Å²) in [6.07, 6.45) is 4.97. The summed E-state index contributed by atoms with van der Waals surface area (Å²) in [5.74, 6) is 2.89. The number of rotatable bonds is 1. The second-order valence-corrected chi connectivity index (χ2v) is 11.0. The quantitative estimate of drug-likeness (QED) is 0.308. The Morgan fingerprint density at radius 3 is 1.68 bits per heavy atom. The van der Waals surface area contributed by atoms with E-state index in [0.29, 0.717) is 5.92 Å². The highest BCUT2D eigenvalue weighted by molar-refractivity contribution is 14.1. The first-order chi connectivity index (χ1) is 11.9. The van der Waals surface area contributed by atoms with Gasteiger partial charge in [0, 0.05) is 17.0 Å². The largest absolute Gasteiger partial charge is 0.506 e. The van der Waals surface area contributed by atoms with Crippen LogP contribution in [0.2, 0.25) is 0 Å². The fourth-order valence-corrected chi connectivity index (χ4v) is 7.62. The monoisotopic (exact) mass is 786 g/mol. The second kappa shape index (κ2) is 7.30. The predicted octanol–water partition coefficient (Wildman–Crippen LogP) is 6.94. The van der Waals surface area contributed by atoms with Gasteiger partial charge in [-0.2, -0.15) is 0 Å². The molecule has 0 aromatic heterocycles. The Balaban J connectivity index is 2.00. The van der Waals surface area contributed by atoms with Crippen LogP contribution in [0.5, 0.6) is 23.0 Å². The van der Waals surface area contributed by atoms with Crippen molar-refractivity contribution in [3.63, 3.8) is 0 Å². The molecule has 7 heteroatoms. The summed E-state index contributed by atoms with van der Waals surface area (Å²) in [4.78, 5) is 0. The minimum atomic E-state index is 0.256. The van der Waals surface area contributed by atoms with E-state index in [4.69, 9.17) is 4.74 Å². The van der Waals surface area contributed by atoms with Crippen LogP contribution < -0.4 is 4.74 Å². The van der Waals surface area contributed by atoms with Crippen molar-refractivity contribution in [2.75, 3.05) is 0 Å². The number of ether oxygens (including phenoxy) is 1. The number of phenols is 2. The van der Waals surface area contributed by atoms with Crippen molar-refractivity contribution < 1.29 is 14.9 Å². The molecule has 1 heterocycles. The van der Waals surface area contributed by atoms with Gasteiger partial charge < -0.3 is 14.9 Å². The molecule has 132 valence electrons. The fraction of sp³-hybridized carbons (Fsp3) is 0.333. The van der Waals surface area contributed by atoms with Gasteiger partial charge in [-0.1, -0.05) is 12.8 Å². The van der Waals surface area contributed by atoms with Gasteiger partial charge in [0.25, 0.3) is 0 Å². The third-order valence-electron chi connectivity index (χ3n) is 5.10. The zero-order valence-corrected chi connectivity index (χ0v) is 21.6. The van der Waals surface area contributed by atoms with Crippen molar-refractivity contribution in [1.29, 1.82) is 0 Å². The highest BCUT2D eigenvalue weighted by Gasteiger charge is 2.38. The molecule has 2 aliphatic rings. The number of aromatic hydroxyl groups is 2. The number of phenolic OH excluding ortho intramolecular Hbond substituents is 2. The molecule has 3 nitrogen and oxygen atoms in total. The molecule has 0 spiro atoms. The fourth-order valence-electron chi connectivity index (χ4n) is 3.96. The summed E-state index contributed by atoms with van der Waals surface area (Å²) in [5, 5.41) is 20.8. The summed E-state index contributed by atoms with van der Waals surface area (Å²) in [6.45, 7) is 0. The Hall–Kier alpha value is 0.760. The highest BCUT2D eigenvalue weighted by Crippen LogP contribution is 2.56. The van der Waals surface area contributed by atoms with E-state index in [0.717, 1.165) is 25.8 Å². The Labute approximate surface area is 200 Å². The molecule has 2 N–H and O–H groups in total. The van der Waals surface area contributed by atoms with Crippen molar-refractivity contribution in [2.45, 2.75) is 31.6 Å². The molecule has 0 bridgehead atoms. The Morgan fingerprint density at radius 2 is 1.24 bits per heavy atom. The zero-order chi connectivity index (χ0) is 17.9. The van der Waals surface area contributed by atoms with Gasteiger partial charge >= 0.3 is 0 Å². The molecule has 0 amide bonds. The van der Waals surface area contributed by atoms with Crippen molar-refractivity contribution in [2.24, 2.45) is 5.92 Å². The summed E-state index contributed by atoms with van der Waals surface area (Å²) in [5.41, 5.74) is 2.34. The lowest BCUT2D eigenvalue weighted by Crippen LogP contribution is -2.19. The van der Waals surface area contributed by atoms with Gasteiger partial charge in [0.1, 0.15) is 23.0 Å². The molecule has 0 saturated heterocycles. The molecule has 0 atom stereocenters. The lowest BCUT2D eigenvalue weighted by atomic mass is 9.78. The first kappa shape index (κ1) is 19.1. The van der Waals surface area contributed by atoms with Crippen LogP contribution >= 0.6 is 90.4 Å². The maximum atomic E-state index is 10.4. The van der Waals surface area contributed by atoms with Crippen LogP contribution in [0.1, 0.15) is 42.7 Å². The van der Waals surface area contributed by atoms with E-state index in [1.54, 1.807) is 0 Å². The van der Waals surface area contributed by atoms with Crippen LogP contribution in [0.15, 0.2) is 12.1 Å². The molecule has 1 saturated carbocycles. The number of fused-ring (bicyclic) bond motifs is 2. The molecule has 1 aliphatic heterocycles.